The molecule has 4 rings (SSSR count). The van der Waals surface area contributed by atoms with Gasteiger partial charge in [0.2, 0.25) is 0 Å². The molecule has 0 saturated carbocycles. The number of aromatic nitrogens is 1. The molecule has 1 aromatic heterocycles. The van der Waals surface area contributed by atoms with Gasteiger partial charge in [-0.3, -0.25) is 4.79 Å². The lowest BCUT2D eigenvalue weighted by molar-refractivity contribution is -0.140. The van der Waals surface area contributed by atoms with Gasteiger partial charge in [-0.1, -0.05) is 0 Å². The van der Waals surface area contributed by atoms with Crippen molar-refractivity contribution in [2.24, 2.45) is 0 Å². The molecule has 2 aliphatic heterocycles. The zero-order valence-electron chi connectivity index (χ0n) is 18.5. The van der Waals surface area contributed by atoms with Gasteiger partial charge in [-0.15, -0.1) is 0 Å². The molecule has 2 aliphatic rings. The molecule has 0 N–H and O–H groups in total. The van der Waals surface area contributed by atoms with Gasteiger partial charge in [0, 0.05) is 43.1 Å². The van der Waals surface area contributed by atoms with Crippen molar-refractivity contribution < 1.29 is 27.4 Å². The number of hydrogen-bond acceptors (Lipinski definition) is 4. The summed E-state index contributed by atoms with van der Waals surface area (Å²) < 4.78 is 52.4. The lowest BCUT2D eigenvalue weighted by atomic mass is 10.1. The molecule has 3 heterocycles. The van der Waals surface area contributed by atoms with E-state index >= 15 is 0 Å². The van der Waals surface area contributed by atoms with Crippen LogP contribution in [-0.4, -0.2) is 78.0 Å². The van der Waals surface area contributed by atoms with E-state index < -0.39 is 18.6 Å². The molecule has 0 bridgehead atoms. The Bertz CT molecular complexity index is 943. The monoisotopic (exact) mass is 453 g/mol. The fourth-order valence-corrected chi connectivity index (χ4v) is 4.48. The molecular weight excluding hydrogens is 423 g/mol. The highest BCUT2D eigenvalue weighted by atomic mass is 19.4. The molecule has 2 fully saturated rings. The average Bonchev–Trinajstić information content (AvgIpc) is 3.10. The Balaban J connectivity index is 1.58. The molecule has 0 aliphatic carbocycles. The molecule has 176 valence electrons. The lowest BCUT2D eigenvalue weighted by Crippen LogP contribution is -2.41. The van der Waals surface area contributed by atoms with Gasteiger partial charge in [-0.25, -0.2) is 0 Å². The SMILES string of the molecule is CC(C)N1CCC(Oc2ccc3c(c2)cc(C(=O)N2CCOCC2)n3CC(F)(F)F)CC1. The molecule has 1 aromatic carbocycles. The van der Waals surface area contributed by atoms with Gasteiger partial charge in [-0.2, -0.15) is 13.2 Å². The molecule has 0 unspecified atom stereocenters. The number of ether oxygens (including phenoxy) is 2. The number of carbonyl (C=O) groups excluding carboxylic acids is 1. The maximum absolute atomic E-state index is 13.3. The Morgan fingerprint density at radius 1 is 1.12 bits per heavy atom. The molecule has 9 heteroatoms. The van der Waals surface area contributed by atoms with Crippen molar-refractivity contribution in [2.75, 3.05) is 39.4 Å². The van der Waals surface area contributed by atoms with Gasteiger partial charge < -0.3 is 23.8 Å². The number of morpholine rings is 1. The van der Waals surface area contributed by atoms with E-state index in [0.717, 1.165) is 30.5 Å². The fourth-order valence-electron chi connectivity index (χ4n) is 4.48. The van der Waals surface area contributed by atoms with E-state index in [4.69, 9.17) is 9.47 Å². The van der Waals surface area contributed by atoms with E-state index in [1.165, 1.54) is 0 Å². The largest absolute Gasteiger partial charge is 0.490 e. The Labute approximate surface area is 185 Å². The van der Waals surface area contributed by atoms with Gasteiger partial charge in [0.25, 0.3) is 5.91 Å². The normalized spacial score (nSPS) is 19.1. The first kappa shape index (κ1) is 22.9. The summed E-state index contributed by atoms with van der Waals surface area (Å²) in [5.74, 6) is 0.215. The van der Waals surface area contributed by atoms with E-state index in [1.807, 2.05) is 0 Å². The minimum absolute atomic E-state index is 0.0432. The second-order valence-corrected chi connectivity index (χ2v) is 8.80. The maximum atomic E-state index is 13.3. The number of hydrogen-bond donors (Lipinski definition) is 0. The summed E-state index contributed by atoms with van der Waals surface area (Å²) >= 11 is 0. The zero-order chi connectivity index (χ0) is 22.9. The predicted octanol–water partition coefficient (Wildman–Crippen LogP) is 3.93. The van der Waals surface area contributed by atoms with Crippen molar-refractivity contribution in [3.05, 3.63) is 30.0 Å². The Morgan fingerprint density at radius 3 is 2.44 bits per heavy atom. The summed E-state index contributed by atoms with van der Waals surface area (Å²) in [6.07, 6.45) is -2.54. The Morgan fingerprint density at radius 2 is 1.81 bits per heavy atom. The number of amides is 1. The molecule has 1 amide bonds. The number of benzene rings is 1. The highest BCUT2D eigenvalue weighted by Crippen LogP contribution is 2.30. The summed E-state index contributed by atoms with van der Waals surface area (Å²) in [5.41, 5.74) is 0.419. The summed E-state index contributed by atoms with van der Waals surface area (Å²) in [4.78, 5) is 17.0. The molecule has 2 aromatic rings. The summed E-state index contributed by atoms with van der Waals surface area (Å²) in [6, 6.07) is 7.12. The first-order valence-electron chi connectivity index (χ1n) is 11.2. The second-order valence-electron chi connectivity index (χ2n) is 8.80. The number of halogens is 3. The van der Waals surface area contributed by atoms with Gasteiger partial charge in [0.1, 0.15) is 24.1 Å². The van der Waals surface area contributed by atoms with Crippen LogP contribution in [0, 0.1) is 0 Å². The third-order valence-electron chi connectivity index (χ3n) is 6.24. The van der Waals surface area contributed by atoms with Crippen LogP contribution < -0.4 is 4.74 Å². The fraction of sp³-hybridized carbons (Fsp3) is 0.609. The molecule has 0 spiro atoms. The number of rotatable bonds is 5. The van der Waals surface area contributed by atoms with Crippen LogP contribution in [0.5, 0.6) is 5.75 Å². The zero-order valence-corrected chi connectivity index (χ0v) is 18.5. The lowest BCUT2D eigenvalue weighted by Gasteiger charge is -2.34. The van der Waals surface area contributed by atoms with Gasteiger partial charge in [0.05, 0.1) is 13.2 Å². The van der Waals surface area contributed by atoms with Crippen molar-refractivity contribution in [2.45, 2.75) is 51.6 Å². The van der Waals surface area contributed by atoms with Crippen molar-refractivity contribution >= 4 is 16.8 Å². The molecule has 0 atom stereocenters. The summed E-state index contributed by atoms with van der Waals surface area (Å²) in [7, 11) is 0. The van der Waals surface area contributed by atoms with Crippen LogP contribution in [0.4, 0.5) is 13.2 Å². The van der Waals surface area contributed by atoms with Crippen LogP contribution in [0.2, 0.25) is 0 Å². The van der Waals surface area contributed by atoms with E-state index in [-0.39, 0.29) is 11.8 Å². The maximum Gasteiger partial charge on any atom is 0.406 e. The molecule has 32 heavy (non-hydrogen) atoms. The minimum atomic E-state index is -4.44. The topological polar surface area (TPSA) is 46.9 Å². The Kier molecular flexibility index (Phi) is 6.67. The van der Waals surface area contributed by atoms with Gasteiger partial charge in [0.15, 0.2) is 0 Å². The number of nitrogens with zero attached hydrogens (tertiary/aromatic N) is 3. The van der Waals surface area contributed by atoms with Gasteiger partial charge >= 0.3 is 6.18 Å². The number of fused-ring (bicyclic) bond motifs is 1. The number of alkyl halides is 3. The molecule has 6 nitrogen and oxygen atoms in total. The highest BCUT2D eigenvalue weighted by molar-refractivity contribution is 5.99. The van der Waals surface area contributed by atoms with Crippen LogP contribution in [0.3, 0.4) is 0 Å². The van der Waals surface area contributed by atoms with Crippen molar-refractivity contribution in [1.29, 1.82) is 0 Å². The van der Waals surface area contributed by atoms with Crippen LogP contribution in [0.25, 0.3) is 10.9 Å². The highest BCUT2D eigenvalue weighted by Gasteiger charge is 2.32. The third kappa shape index (κ3) is 5.20. The quantitative estimate of drug-likeness (QED) is 0.689. The minimum Gasteiger partial charge on any atom is -0.490 e. The number of carbonyl (C=O) groups is 1. The predicted molar refractivity (Wildman–Crippen MR) is 115 cm³/mol. The average molecular weight is 454 g/mol. The van der Waals surface area contributed by atoms with Crippen molar-refractivity contribution in [3.63, 3.8) is 0 Å². The van der Waals surface area contributed by atoms with Crippen LogP contribution in [-0.2, 0) is 11.3 Å². The van der Waals surface area contributed by atoms with Crippen LogP contribution in [0.1, 0.15) is 37.2 Å². The standard InChI is InChI=1S/C23H30F3N3O3/c1-16(2)27-7-5-18(6-8-27)32-19-3-4-20-17(13-19)14-21(29(20)15-23(24,25)26)22(30)28-9-11-31-12-10-28/h3-4,13-14,16,18H,5-12,15H2,1-2H3. The van der Waals surface area contributed by atoms with E-state index in [9.17, 15) is 18.0 Å². The van der Waals surface area contributed by atoms with Crippen LogP contribution in [0.15, 0.2) is 24.3 Å². The van der Waals surface area contributed by atoms with Crippen LogP contribution >= 0.6 is 0 Å². The van der Waals surface area contributed by atoms with Gasteiger partial charge in [-0.05, 0) is 51.0 Å². The number of likely N-dealkylation sites (tertiary alicyclic amines) is 1. The smallest absolute Gasteiger partial charge is 0.406 e. The first-order chi connectivity index (χ1) is 15.2. The second kappa shape index (κ2) is 9.31. The Hall–Kier alpha value is -2.26. The third-order valence-corrected chi connectivity index (χ3v) is 6.24. The molecular formula is C23H30F3N3O3. The summed E-state index contributed by atoms with van der Waals surface area (Å²) in [6.45, 7) is 6.58. The summed E-state index contributed by atoms with van der Waals surface area (Å²) in [5, 5.41) is 0.572. The molecule has 2 saturated heterocycles. The number of piperidine rings is 1. The first-order valence-corrected chi connectivity index (χ1v) is 11.2. The van der Waals surface area contributed by atoms with E-state index in [2.05, 4.69) is 18.7 Å². The van der Waals surface area contributed by atoms with Crippen molar-refractivity contribution in [1.82, 2.24) is 14.4 Å². The van der Waals surface area contributed by atoms with E-state index in [1.54, 1.807) is 29.2 Å². The molecule has 0 radical (unpaired) electrons. The van der Waals surface area contributed by atoms with Crippen molar-refractivity contribution in [3.8, 4) is 5.75 Å². The van der Waals surface area contributed by atoms with E-state index in [0.29, 0.717) is 49.0 Å².